The first-order valence-corrected chi connectivity index (χ1v) is 7.49. The van der Waals surface area contributed by atoms with Gasteiger partial charge in [-0.1, -0.05) is 53.5 Å². The van der Waals surface area contributed by atoms with Crippen LogP contribution in [0.25, 0.3) is 0 Å². The van der Waals surface area contributed by atoms with Gasteiger partial charge in [0.05, 0.1) is 10.0 Å². The lowest BCUT2D eigenvalue weighted by Gasteiger charge is -2.05. The van der Waals surface area contributed by atoms with Gasteiger partial charge in [-0.25, -0.2) is 0 Å². The maximum absolute atomic E-state index is 11.9. The smallest absolute Gasteiger partial charge is 0.306 e. The summed E-state index contributed by atoms with van der Waals surface area (Å²) in [5.41, 5.74) is 1.42. The lowest BCUT2D eigenvalue weighted by Crippen LogP contribution is -2.14. The van der Waals surface area contributed by atoms with Gasteiger partial charge in [-0.15, -0.1) is 0 Å². The van der Waals surface area contributed by atoms with Crippen LogP contribution < -0.4 is 0 Å². The molecule has 0 aromatic heterocycles. The zero-order valence-corrected chi connectivity index (χ0v) is 13.2. The molecule has 0 atom stereocenters. The van der Waals surface area contributed by atoms with Gasteiger partial charge in [0, 0.05) is 12.0 Å². The molecule has 0 saturated carbocycles. The molecule has 0 N–H and O–H groups in total. The van der Waals surface area contributed by atoms with Crippen LogP contribution in [0.5, 0.6) is 0 Å². The highest BCUT2D eigenvalue weighted by atomic mass is 35.5. The number of carbonyl (C=O) groups excluding carboxylic acids is 2. The summed E-state index contributed by atoms with van der Waals surface area (Å²) in [5.74, 6) is -0.719. The van der Waals surface area contributed by atoms with E-state index in [-0.39, 0.29) is 18.8 Å². The maximum Gasteiger partial charge on any atom is 0.306 e. The molecule has 5 heteroatoms. The third kappa shape index (κ3) is 4.86. The van der Waals surface area contributed by atoms with E-state index in [0.29, 0.717) is 22.0 Å². The molecule has 2 aromatic carbocycles. The second kappa shape index (κ2) is 7.97. The van der Waals surface area contributed by atoms with Crippen LogP contribution in [0, 0.1) is 0 Å². The Hall–Kier alpha value is -1.84. The number of carbonyl (C=O) groups is 2. The largest absolute Gasteiger partial charge is 0.457 e. The minimum absolute atomic E-state index is 0.235. The van der Waals surface area contributed by atoms with E-state index in [1.165, 1.54) is 12.1 Å². The highest BCUT2D eigenvalue weighted by Crippen LogP contribution is 2.22. The van der Waals surface area contributed by atoms with Crippen molar-refractivity contribution >= 4 is 35.0 Å². The molecule has 0 amide bonds. The third-order valence-electron chi connectivity index (χ3n) is 3.07. The number of ether oxygens (including phenoxy) is 1. The molecule has 114 valence electrons. The van der Waals surface area contributed by atoms with Gasteiger partial charge in [0.2, 0.25) is 0 Å². The van der Waals surface area contributed by atoms with Crippen molar-refractivity contribution in [2.45, 2.75) is 12.8 Å². The predicted octanol–water partition coefficient (Wildman–Crippen LogP) is 4.35. The fraction of sp³-hybridized carbons (Fsp3) is 0.176. The minimum atomic E-state index is -0.405. The SMILES string of the molecule is O=C(CCc1ccccc1)OCC(=O)c1ccc(Cl)c(Cl)c1. The molecule has 2 rings (SSSR count). The first-order chi connectivity index (χ1) is 10.6. The number of aryl methyl sites for hydroxylation is 1. The fourth-order valence-corrected chi connectivity index (χ4v) is 2.16. The van der Waals surface area contributed by atoms with Gasteiger partial charge in [-0.3, -0.25) is 9.59 Å². The summed E-state index contributed by atoms with van der Waals surface area (Å²) < 4.78 is 4.99. The van der Waals surface area contributed by atoms with Gasteiger partial charge in [0.25, 0.3) is 0 Å². The Kier molecular flexibility index (Phi) is 5.99. The lowest BCUT2D eigenvalue weighted by molar-refractivity contribution is -0.142. The van der Waals surface area contributed by atoms with Crippen LogP contribution in [0.1, 0.15) is 22.3 Å². The Labute approximate surface area is 138 Å². The molecule has 0 saturated heterocycles. The first kappa shape index (κ1) is 16.5. The zero-order valence-electron chi connectivity index (χ0n) is 11.7. The summed E-state index contributed by atoms with van der Waals surface area (Å²) in [7, 11) is 0. The molecule has 0 fully saturated rings. The maximum atomic E-state index is 11.9. The van der Waals surface area contributed by atoms with Crippen molar-refractivity contribution in [3.8, 4) is 0 Å². The Morgan fingerprint density at radius 3 is 2.36 bits per heavy atom. The minimum Gasteiger partial charge on any atom is -0.457 e. The molecular formula is C17H14Cl2O3. The number of ketones is 1. The van der Waals surface area contributed by atoms with Crippen molar-refractivity contribution in [3.63, 3.8) is 0 Å². The van der Waals surface area contributed by atoms with Crippen LogP contribution in [0.15, 0.2) is 48.5 Å². The zero-order chi connectivity index (χ0) is 15.9. The molecule has 0 aliphatic carbocycles. The molecule has 0 bridgehead atoms. The number of benzene rings is 2. The second-order valence-electron chi connectivity index (χ2n) is 4.70. The van der Waals surface area contributed by atoms with Crippen LogP contribution in [0.3, 0.4) is 0 Å². The summed E-state index contributed by atoms with van der Waals surface area (Å²) in [5, 5.41) is 0.668. The van der Waals surface area contributed by atoms with Crippen LogP contribution in [-0.2, 0) is 16.0 Å². The van der Waals surface area contributed by atoms with Crippen LogP contribution in [0.2, 0.25) is 10.0 Å². The number of hydrogen-bond donors (Lipinski definition) is 0. The van der Waals surface area contributed by atoms with Crippen molar-refractivity contribution in [3.05, 3.63) is 69.7 Å². The van der Waals surface area contributed by atoms with E-state index in [1.54, 1.807) is 6.07 Å². The normalized spacial score (nSPS) is 10.3. The predicted molar refractivity (Wildman–Crippen MR) is 86.5 cm³/mol. The second-order valence-corrected chi connectivity index (χ2v) is 5.51. The fourth-order valence-electron chi connectivity index (χ4n) is 1.86. The summed E-state index contributed by atoms with van der Waals surface area (Å²) in [4.78, 5) is 23.6. The average molecular weight is 337 g/mol. The van der Waals surface area contributed by atoms with Gasteiger partial charge in [0.1, 0.15) is 0 Å². The molecular weight excluding hydrogens is 323 g/mol. The average Bonchev–Trinajstić information content (AvgIpc) is 2.54. The van der Waals surface area contributed by atoms with Gasteiger partial charge in [0.15, 0.2) is 12.4 Å². The summed E-state index contributed by atoms with van der Waals surface area (Å²) in [6, 6.07) is 14.2. The molecule has 3 nitrogen and oxygen atoms in total. The Morgan fingerprint density at radius 1 is 0.955 bits per heavy atom. The van der Waals surface area contributed by atoms with Gasteiger partial charge in [-0.05, 0) is 30.2 Å². The topological polar surface area (TPSA) is 43.4 Å². The number of hydrogen-bond acceptors (Lipinski definition) is 3. The van der Waals surface area contributed by atoms with Crippen molar-refractivity contribution in [1.82, 2.24) is 0 Å². The Bertz CT molecular complexity index is 669. The van der Waals surface area contributed by atoms with Crippen LogP contribution >= 0.6 is 23.2 Å². The highest BCUT2D eigenvalue weighted by Gasteiger charge is 2.11. The van der Waals surface area contributed by atoms with Crippen molar-refractivity contribution in [2.75, 3.05) is 6.61 Å². The highest BCUT2D eigenvalue weighted by molar-refractivity contribution is 6.42. The van der Waals surface area contributed by atoms with E-state index in [1.807, 2.05) is 30.3 Å². The molecule has 0 heterocycles. The van der Waals surface area contributed by atoms with Crippen LogP contribution in [-0.4, -0.2) is 18.4 Å². The molecule has 22 heavy (non-hydrogen) atoms. The molecule has 0 radical (unpaired) electrons. The lowest BCUT2D eigenvalue weighted by atomic mass is 10.1. The van der Waals surface area contributed by atoms with Crippen LogP contribution in [0.4, 0.5) is 0 Å². The number of rotatable bonds is 6. The van der Waals surface area contributed by atoms with Gasteiger partial charge >= 0.3 is 5.97 Å². The molecule has 0 unspecified atom stereocenters. The number of Topliss-reactive ketones (excluding diaryl/α,β-unsaturated/α-hetero) is 1. The van der Waals surface area contributed by atoms with Crippen molar-refractivity contribution < 1.29 is 14.3 Å². The van der Waals surface area contributed by atoms with Crippen molar-refractivity contribution in [2.24, 2.45) is 0 Å². The molecule has 2 aromatic rings. The standard InChI is InChI=1S/C17H14Cl2O3/c18-14-8-7-13(10-15(14)19)16(20)11-22-17(21)9-6-12-4-2-1-3-5-12/h1-5,7-8,10H,6,9,11H2. The van der Waals surface area contributed by atoms with E-state index in [9.17, 15) is 9.59 Å². The quantitative estimate of drug-likeness (QED) is 0.581. The van der Waals surface area contributed by atoms with E-state index >= 15 is 0 Å². The van der Waals surface area contributed by atoms with E-state index in [4.69, 9.17) is 27.9 Å². The Balaban J connectivity index is 1.80. The summed E-state index contributed by atoms with van der Waals surface area (Å²) in [6.07, 6.45) is 0.819. The number of halogens is 2. The van der Waals surface area contributed by atoms with Crippen molar-refractivity contribution in [1.29, 1.82) is 0 Å². The molecule has 0 aliphatic rings. The molecule has 0 aliphatic heterocycles. The monoisotopic (exact) mass is 336 g/mol. The van der Waals surface area contributed by atoms with Gasteiger partial charge < -0.3 is 4.74 Å². The van der Waals surface area contributed by atoms with E-state index in [0.717, 1.165) is 5.56 Å². The summed E-state index contributed by atoms with van der Waals surface area (Å²) >= 11 is 11.6. The van der Waals surface area contributed by atoms with E-state index < -0.39 is 5.97 Å². The Morgan fingerprint density at radius 2 is 1.68 bits per heavy atom. The summed E-state index contributed by atoms with van der Waals surface area (Å²) in [6.45, 7) is -0.300. The third-order valence-corrected chi connectivity index (χ3v) is 3.81. The van der Waals surface area contributed by atoms with Gasteiger partial charge in [-0.2, -0.15) is 0 Å². The first-order valence-electron chi connectivity index (χ1n) is 6.74. The number of esters is 1. The van der Waals surface area contributed by atoms with E-state index in [2.05, 4.69) is 0 Å². The molecule has 0 spiro atoms.